The van der Waals surface area contributed by atoms with Crippen LogP contribution in [0.4, 0.5) is 5.82 Å². The number of halogens is 2. The van der Waals surface area contributed by atoms with Crippen LogP contribution in [0, 0.1) is 3.57 Å². The van der Waals surface area contributed by atoms with Gasteiger partial charge in [-0.3, -0.25) is 0 Å². The molecule has 3 nitrogen and oxygen atoms in total. The molecule has 106 valence electrons. The van der Waals surface area contributed by atoms with Gasteiger partial charge in [-0.2, -0.15) is 0 Å². The second-order valence-corrected chi connectivity index (χ2v) is 7.26. The molecule has 5 heteroatoms. The van der Waals surface area contributed by atoms with E-state index in [0.29, 0.717) is 12.2 Å². The van der Waals surface area contributed by atoms with Crippen LogP contribution in [0.2, 0.25) is 5.02 Å². The fourth-order valence-corrected chi connectivity index (χ4v) is 3.05. The smallest absolute Gasteiger partial charge is 0.140 e. The Labute approximate surface area is 138 Å². The van der Waals surface area contributed by atoms with Crippen molar-refractivity contribution in [1.29, 1.82) is 0 Å². The summed E-state index contributed by atoms with van der Waals surface area (Å²) in [5.74, 6) is 1.30. The van der Waals surface area contributed by atoms with E-state index in [-0.39, 0.29) is 5.41 Å². The molecule has 0 amide bonds. The van der Waals surface area contributed by atoms with Crippen LogP contribution in [0.15, 0.2) is 24.3 Å². The Morgan fingerprint density at radius 3 is 2.30 bits per heavy atom. The fourth-order valence-electron chi connectivity index (χ4n) is 1.87. The molecule has 0 saturated carbocycles. The van der Waals surface area contributed by atoms with E-state index in [1.807, 2.05) is 24.3 Å². The molecule has 2 aromatic rings. The van der Waals surface area contributed by atoms with Gasteiger partial charge in [0.15, 0.2) is 0 Å². The number of nitrogen functional groups attached to an aromatic ring is 1. The number of hydrogen-bond acceptors (Lipinski definition) is 3. The third kappa shape index (κ3) is 3.61. The van der Waals surface area contributed by atoms with E-state index in [9.17, 15) is 0 Å². The lowest BCUT2D eigenvalue weighted by Gasteiger charge is -2.21. The van der Waals surface area contributed by atoms with Crippen LogP contribution in [0.25, 0.3) is 0 Å². The summed E-state index contributed by atoms with van der Waals surface area (Å²) in [5.41, 5.74) is 8.08. The van der Waals surface area contributed by atoms with Crippen molar-refractivity contribution in [2.45, 2.75) is 32.6 Å². The predicted molar refractivity (Wildman–Crippen MR) is 92.1 cm³/mol. The van der Waals surface area contributed by atoms with Crippen molar-refractivity contribution in [2.75, 3.05) is 5.73 Å². The molecule has 0 aliphatic carbocycles. The average molecular weight is 402 g/mol. The van der Waals surface area contributed by atoms with Crippen LogP contribution in [0.3, 0.4) is 0 Å². The summed E-state index contributed by atoms with van der Waals surface area (Å²) in [7, 11) is 0. The van der Waals surface area contributed by atoms with Gasteiger partial charge < -0.3 is 5.73 Å². The SMILES string of the molecule is CC(C)(C)c1nc(Cc2ccc(Cl)cc2)nc(N)c1I. The van der Waals surface area contributed by atoms with E-state index >= 15 is 0 Å². The molecule has 0 radical (unpaired) electrons. The standard InChI is InChI=1S/C15H17ClIN3/c1-15(2,3)13-12(17)14(18)20-11(19-13)8-9-4-6-10(16)7-5-9/h4-7H,8H2,1-3H3,(H2,18,19,20). The first-order valence-electron chi connectivity index (χ1n) is 6.34. The van der Waals surface area contributed by atoms with Crippen molar-refractivity contribution in [2.24, 2.45) is 0 Å². The maximum Gasteiger partial charge on any atom is 0.140 e. The minimum atomic E-state index is -0.0532. The highest BCUT2D eigenvalue weighted by atomic mass is 127. The number of nitrogens with two attached hydrogens (primary N) is 1. The number of nitrogens with zero attached hydrogens (tertiary/aromatic N) is 2. The molecule has 0 unspecified atom stereocenters. The maximum absolute atomic E-state index is 6.02. The van der Waals surface area contributed by atoms with E-state index < -0.39 is 0 Å². The van der Waals surface area contributed by atoms with E-state index in [1.54, 1.807) is 0 Å². The van der Waals surface area contributed by atoms with Gasteiger partial charge in [0.05, 0.1) is 9.26 Å². The summed E-state index contributed by atoms with van der Waals surface area (Å²) in [6, 6.07) is 7.71. The first-order valence-corrected chi connectivity index (χ1v) is 7.80. The molecule has 2 rings (SSSR count). The van der Waals surface area contributed by atoms with Crippen molar-refractivity contribution in [1.82, 2.24) is 9.97 Å². The third-order valence-electron chi connectivity index (χ3n) is 2.91. The van der Waals surface area contributed by atoms with Crippen molar-refractivity contribution in [3.8, 4) is 0 Å². The molecule has 0 aliphatic heterocycles. The highest BCUT2D eigenvalue weighted by Gasteiger charge is 2.22. The first kappa shape index (κ1) is 15.5. The Morgan fingerprint density at radius 2 is 1.75 bits per heavy atom. The lowest BCUT2D eigenvalue weighted by molar-refractivity contribution is 0.559. The summed E-state index contributed by atoms with van der Waals surface area (Å²) in [6.45, 7) is 6.38. The lowest BCUT2D eigenvalue weighted by atomic mass is 9.92. The summed E-state index contributed by atoms with van der Waals surface area (Å²) >= 11 is 8.11. The number of benzene rings is 1. The number of hydrogen-bond donors (Lipinski definition) is 1. The average Bonchev–Trinajstić information content (AvgIpc) is 2.35. The molecule has 2 N–H and O–H groups in total. The molecule has 1 aromatic heterocycles. The molecular weight excluding hydrogens is 385 g/mol. The van der Waals surface area contributed by atoms with Crippen LogP contribution in [0.1, 0.15) is 37.9 Å². The summed E-state index contributed by atoms with van der Waals surface area (Å²) in [4.78, 5) is 9.08. The molecule has 1 aromatic carbocycles. The molecule has 1 heterocycles. The normalized spacial score (nSPS) is 11.7. The Bertz CT molecular complexity index is 618. The Hall–Kier alpha value is -0.880. The minimum Gasteiger partial charge on any atom is -0.383 e. The van der Waals surface area contributed by atoms with Crippen molar-refractivity contribution in [3.63, 3.8) is 0 Å². The van der Waals surface area contributed by atoms with Crippen LogP contribution >= 0.6 is 34.2 Å². The van der Waals surface area contributed by atoms with Gasteiger partial charge in [-0.1, -0.05) is 44.5 Å². The van der Waals surface area contributed by atoms with Crippen LogP contribution in [-0.2, 0) is 11.8 Å². The first-order chi connectivity index (χ1) is 9.27. The number of anilines is 1. The van der Waals surface area contributed by atoms with Gasteiger partial charge in [0.25, 0.3) is 0 Å². The van der Waals surface area contributed by atoms with E-state index in [2.05, 4.69) is 48.3 Å². The molecule has 20 heavy (non-hydrogen) atoms. The molecule has 0 aliphatic rings. The third-order valence-corrected chi connectivity index (χ3v) is 4.22. The quantitative estimate of drug-likeness (QED) is 0.767. The molecule has 0 bridgehead atoms. The maximum atomic E-state index is 6.02. The summed E-state index contributed by atoms with van der Waals surface area (Å²) < 4.78 is 0.940. The Kier molecular flexibility index (Phi) is 4.54. The van der Waals surface area contributed by atoms with Crippen molar-refractivity contribution in [3.05, 3.63) is 49.9 Å². The monoisotopic (exact) mass is 401 g/mol. The minimum absolute atomic E-state index is 0.0532. The van der Waals surface area contributed by atoms with E-state index in [4.69, 9.17) is 22.3 Å². The zero-order chi connectivity index (χ0) is 14.9. The van der Waals surface area contributed by atoms with Gasteiger partial charge >= 0.3 is 0 Å². The lowest BCUT2D eigenvalue weighted by Crippen LogP contribution is -2.19. The number of rotatable bonds is 2. The Balaban J connectivity index is 2.38. The summed E-state index contributed by atoms with van der Waals surface area (Å²) in [5, 5.41) is 0.729. The zero-order valence-electron chi connectivity index (χ0n) is 11.7. The van der Waals surface area contributed by atoms with Crippen molar-refractivity contribution >= 4 is 40.0 Å². The largest absolute Gasteiger partial charge is 0.383 e. The highest BCUT2D eigenvalue weighted by molar-refractivity contribution is 14.1. The van der Waals surface area contributed by atoms with Crippen molar-refractivity contribution < 1.29 is 0 Å². The molecule has 0 atom stereocenters. The second kappa shape index (κ2) is 5.85. The Morgan fingerprint density at radius 1 is 1.15 bits per heavy atom. The number of aromatic nitrogens is 2. The highest BCUT2D eigenvalue weighted by Crippen LogP contribution is 2.28. The summed E-state index contributed by atoms with van der Waals surface area (Å²) in [6.07, 6.45) is 0.654. The van der Waals surface area contributed by atoms with Gasteiger partial charge in [0, 0.05) is 16.9 Å². The van der Waals surface area contributed by atoms with Gasteiger partial charge in [-0.25, -0.2) is 9.97 Å². The van der Waals surface area contributed by atoms with E-state index in [1.165, 1.54) is 0 Å². The predicted octanol–water partition coefficient (Wildman–Crippen LogP) is 4.21. The second-order valence-electron chi connectivity index (χ2n) is 5.74. The molecule has 0 fully saturated rings. The van der Waals surface area contributed by atoms with Crippen LogP contribution in [0.5, 0.6) is 0 Å². The van der Waals surface area contributed by atoms with Gasteiger partial charge in [0.2, 0.25) is 0 Å². The molecule has 0 spiro atoms. The van der Waals surface area contributed by atoms with Crippen LogP contribution < -0.4 is 5.73 Å². The molecule has 0 saturated heterocycles. The van der Waals surface area contributed by atoms with Gasteiger partial charge in [-0.05, 0) is 40.3 Å². The van der Waals surface area contributed by atoms with Gasteiger partial charge in [-0.15, -0.1) is 0 Å². The van der Waals surface area contributed by atoms with E-state index in [0.717, 1.165) is 25.7 Å². The zero-order valence-corrected chi connectivity index (χ0v) is 14.7. The van der Waals surface area contributed by atoms with Gasteiger partial charge in [0.1, 0.15) is 11.6 Å². The molecular formula is C15H17ClIN3. The topological polar surface area (TPSA) is 51.8 Å². The fraction of sp³-hybridized carbons (Fsp3) is 0.333. The van der Waals surface area contributed by atoms with Crippen LogP contribution in [-0.4, -0.2) is 9.97 Å².